The van der Waals surface area contributed by atoms with Gasteiger partial charge >= 0.3 is 5.97 Å². The van der Waals surface area contributed by atoms with Gasteiger partial charge in [-0.1, -0.05) is 0 Å². The number of esters is 1. The molecule has 1 saturated heterocycles. The van der Waals surface area contributed by atoms with E-state index in [0.29, 0.717) is 6.04 Å². The Morgan fingerprint density at radius 3 is 2.71 bits per heavy atom. The van der Waals surface area contributed by atoms with Crippen LogP contribution in [0.1, 0.15) is 33.1 Å². The van der Waals surface area contributed by atoms with Crippen molar-refractivity contribution in [1.82, 2.24) is 4.90 Å². The van der Waals surface area contributed by atoms with Crippen LogP contribution in [0, 0.1) is 5.41 Å². The predicted molar refractivity (Wildman–Crippen MR) is 71.3 cm³/mol. The van der Waals surface area contributed by atoms with Crippen molar-refractivity contribution in [3.05, 3.63) is 0 Å². The second-order valence-corrected chi connectivity index (χ2v) is 5.33. The van der Waals surface area contributed by atoms with Gasteiger partial charge in [-0.3, -0.25) is 4.79 Å². The lowest BCUT2D eigenvalue weighted by Gasteiger charge is -2.32. The summed E-state index contributed by atoms with van der Waals surface area (Å²) in [5.74, 6) is -0.131. The van der Waals surface area contributed by atoms with Crippen molar-refractivity contribution < 1.29 is 9.53 Å². The standard InChI is InChI=1S/C12H24N2O2.ClH/c1-12(2,11(15)16-3)6-8-14-7-4-5-10(13)9-14;/h10H,4-9,13H2,1-3H3;1H. The lowest BCUT2D eigenvalue weighted by molar-refractivity contribution is -0.151. The molecular formula is C12H25ClN2O2. The van der Waals surface area contributed by atoms with E-state index < -0.39 is 5.41 Å². The van der Waals surface area contributed by atoms with Crippen molar-refractivity contribution in [1.29, 1.82) is 0 Å². The van der Waals surface area contributed by atoms with Gasteiger partial charge in [-0.05, 0) is 46.2 Å². The molecule has 0 bridgehead atoms. The fourth-order valence-corrected chi connectivity index (χ4v) is 2.11. The van der Waals surface area contributed by atoms with Crippen molar-refractivity contribution in [2.75, 3.05) is 26.7 Å². The normalized spacial score (nSPS) is 21.8. The summed E-state index contributed by atoms with van der Waals surface area (Å²) in [6.45, 7) is 6.85. The lowest BCUT2D eigenvalue weighted by Crippen LogP contribution is -2.44. The molecule has 1 atom stereocenters. The Hall–Kier alpha value is -0.320. The van der Waals surface area contributed by atoms with Gasteiger partial charge in [-0.2, -0.15) is 0 Å². The van der Waals surface area contributed by atoms with Gasteiger partial charge in [-0.15, -0.1) is 12.4 Å². The van der Waals surface area contributed by atoms with Crippen molar-refractivity contribution in [2.24, 2.45) is 11.1 Å². The molecule has 0 saturated carbocycles. The summed E-state index contributed by atoms with van der Waals surface area (Å²) >= 11 is 0. The molecule has 0 aromatic carbocycles. The van der Waals surface area contributed by atoms with Crippen molar-refractivity contribution in [3.63, 3.8) is 0 Å². The molecule has 1 rings (SSSR count). The summed E-state index contributed by atoms with van der Waals surface area (Å²) in [7, 11) is 1.45. The van der Waals surface area contributed by atoms with Gasteiger partial charge in [0, 0.05) is 12.6 Å². The van der Waals surface area contributed by atoms with Crippen LogP contribution in [-0.2, 0) is 9.53 Å². The number of nitrogens with zero attached hydrogens (tertiary/aromatic N) is 1. The van der Waals surface area contributed by atoms with Crippen LogP contribution >= 0.6 is 12.4 Å². The molecule has 0 radical (unpaired) electrons. The van der Waals surface area contributed by atoms with Crippen molar-refractivity contribution >= 4 is 18.4 Å². The molecule has 5 heteroatoms. The minimum absolute atomic E-state index is 0. The van der Waals surface area contributed by atoms with Crippen molar-refractivity contribution in [2.45, 2.75) is 39.2 Å². The monoisotopic (exact) mass is 264 g/mol. The zero-order chi connectivity index (χ0) is 12.2. The molecule has 0 aromatic heterocycles. The average molecular weight is 265 g/mol. The van der Waals surface area contributed by atoms with E-state index in [1.54, 1.807) is 0 Å². The first-order chi connectivity index (χ1) is 7.45. The third-order valence-corrected chi connectivity index (χ3v) is 3.33. The maximum absolute atomic E-state index is 11.5. The number of hydrogen-bond acceptors (Lipinski definition) is 4. The summed E-state index contributed by atoms with van der Waals surface area (Å²) in [5.41, 5.74) is 5.52. The Bertz CT molecular complexity index is 247. The second-order valence-electron chi connectivity index (χ2n) is 5.33. The number of carbonyl (C=O) groups excluding carboxylic acids is 1. The summed E-state index contributed by atoms with van der Waals surface area (Å²) < 4.78 is 4.79. The summed E-state index contributed by atoms with van der Waals surface area (Å²) in [4.78, 5) is 13.9. The van der Waals surface area contributed by atoms with Crippen LogP contribution in [0.2, 0.25) is 0 Å². The van der Waals surface area contributed by atoms with E-state index in [1.807, 2.05) is 13.8 Å². The van der Waals surface area contributed by atoms with Crippen LogP contribution in [0.4, 0.5) is 0 Å². The van der Waals surface area contributed by atoms with Crippen LogP contribution in [-0.4, -0.2) is 43.7 Å². The van der Waals surface area contributed by atoms with E-state index in [2.05, 4.69) is 4.90 Å². The first-order valence-electron chi connectivity index (χ1n) is 6.02. The number of methoxy groups -OCH3 is 1. The molecule has 1 fully saturated rings. The highest BCUT2D eigenvalue weighted by atomic mass is 35.5. The zero-order valence-corrected chi connectivity index (χ0v) is 11.9. The molecule has 17 heavy (non-hydrogen) atoms. The van der Waals surface area contributed by atoms with E-state index >= 15 is 0 Å². The molecule has 0 amide bonds. The molecule has 0 aromatic rings. The minimum Gasteiger partial charge on any atom is -0.469 e. The second kappa shape index (κ2) is 7.19. The lowest BCUT2D eigenvalue weighted by atomic mass is 9.89. The number of rotatable bonds is 4. The van der Waals surface area contributed by atoms with Crippen LogP contribution in [0.3, 0.4) is 0 Å². The zero-order valence-electron chi connectivity index (χ0n) is 11.1. The number of likely N-dealkylation sites (tertiary alicyclic amines) is 1. The van der Waals surface area contributed by atoms with Crippen LogP contribution in [0.15, 0.2) is 0 Å². The third kappa shape index (κ3) is 5.23. The van der Waals surface area contributed by atoms with Gasteiger partial charge in [0.05, 0.1) is 12.5 Å². The SMILES string of the molecule is COC(=O)C(C)(C)CCN1CCCC(N)C1.Cl. The summed E-state index contributed by atoms with van der Waals surface area (Å²) in [5, 5.41) is 0. The number of halogens is 1. The quantitative estimate of drug-likeness (QED) is 0.781. The van der Waals surface area contributed by atoms with Crippen LogP contribution < -0.4 is 5.73 Å². The average Bonchev–Trinajstić information content (AvgIpc) is 2.25. The Kier molecular flexibility index (Phi) is 7.05. The van der Waals surface area contributed by atoms with Gasteiger partial charge in [0.15, 0.2) is 0 Å². The molecule has 1 unspecified atom stereocenters. The predicted octanol–water partition coefficient (Wildman–Crippen LogP) is 1.42. The summed E-state index contributed by atoms with van der Waals surface area (Å²) in [6.07, 6.45) is 3.11. The highest BCUT2D eigenvalue weighted by Gasteiger charge is 2.29. The molecular weight excluding hydrogens is 240 g/mol. The van der Waals surface area contributed by atoms with Crippen molar-refractivity contribution in [3.8, 4) is 0 Å². The Morgan fingerprint density at radius 1 is 1.53 bits per heavy atom. The van der Waals surface area contributed by atoms with Gasteiger partial charge in [0.2, 0.25) is 0 Å². The highest BCUT2D eigenvalue weighted by Crippen LogP contribution is 2.23. The fraction of sp³-hybridized carbons (Fsp3) is 0.917. The Morgan fingerprint density at radius 2 is 2.18 bits per heavy atom. The highest BCUT2D eigenvalue weighted by molar-refractivity contribution is 5.85. The Balaban J connectivity index is 0.00000256. The molecule has 102 valence electrons. The summed E-state index contributed by atoms with van der Waals surface area (Å²) in [6, 6.07) is 0.301. The van der Waals surface area contributed by atoms with Crippen LogP contribution in [0.5, 0.6) is 0 Å². The molecule has 2 N–H and O–H groups in total. The van der Waals surface area contributed by atoms with Gasteiger partial charge in [-0.25, -0.2) is 0 Å². The smallest absolute Gasteiger partial charge is 0.311 e. The number of piperidine rings is 1. The van der Waals surface area contributed by atoms with E-state index in [0.717, 1.165) is 32.5 Å². The molecule has 0 aliphatic carbocycles. The van der Waals surface area contributed by atoms with Gasteiger partial charge < -0.3 is 15.4 Å². The fourth-order valence-electron chi connectivity index (χ4n) is 2.11. The first-order valence-corrected chi connectivity index (χ1v) is 6.02. The maximum Gasteiger partial charge on any atom is 0.311 e. The van der Waals surface area contributed by atoms with E-state index in [9.17, 15) is 4.79 Å². The molecule has 1 aliphatic rings. The Labute approximate surface area is 110 Å². The number of ether oxygens (including phenoxy) is 1. The third-order valence-electron chi connectivity index (χ3n) is 3.33. The number of nitrogens with two attached hydrogens (primary N) is 1. The molecule has 4 nitrogen and oxygen atoms in total. The molecule has 1 heterocycles. The van der Waals surface area contributed by atoms with E-state index in [4.69, 9.17) is 10.5 Å². The van der Waals surface area contributed by atoms with E-state index in [-0.39, 0.29) is 18.4 Å². The molecule has 0 spiro atoms. The number of carbonyl (C=O) groups is 1. The number of hydrogen-bond donors (Lipinski definition) is 1. The van der Waals surface area contributed by atoms with Crippen LogP contribution in [0.25, 0.3) is 0 Å². The van der Waals surface area contributed by atoms with E-state index in [1.165, 1.54) is 13.5 Å². The van der Waals surface area contributed by atoms with Gasteiger partial charge in [0.1, 0.15) is 0 Å². The molecule has 1 aliphatic heterocycles. The first kappa shape index (κ1) is 16.7. The largest absolute Gasteiger partial charge is 0.469 e. The minimum atomic E-state index is -0.393. The van der Waals surface area contributed by atoms with Gasteiger partial charge in [0.25, 0.3) is 0 Å². The topological polar surface area (TPSA) is 55.6 Å². The maximum atomic E-state index is 11.5.